The van der Waals surface area contributed by atoms with E-state index in [1.165, 1.54) is 0 Å². The smallest absolute Gasteiger partial charge is 0.251 e. The van der Waals surface area contributed by atoms with E-state index in [4.69, 9.17) is 4.74 Å². The molecule has 3 atom stereocenters. The average Bonchev–Trinajstić information content (AvgIpc) is 2.15. The first-order chi connectivity index (χ1) is 6.20. The molecule has 2 aliphatic heterocycles. The maximum Gasteiger partial charge on any atom is 0.251 e. The van der Waals surface area contributed by atoms with E-state index in [1.807, 2.05) is 11.9 Å². The number of hydrogen-bond donors (Lipinski definition) is 0. The standard InChI is InChI=1S/C10H17NO2/c1-7-6-8-4-3-5-13-9(8)10(12)11(7)2/h7-9H,3-6H2,1-2H3. The highest BCUT2D eigenvalue weighted by Crippen LogP contribution is 2.31. The van der Waals surface area contributed by atoms with E-state index >= 15 is 0 Å². The number of likely N-dealkylation sites (N-methyl/N-ethyl adjacent to an activating group) is 1. The summed E-state index contributed by atoms with van der Waals surface area (Å²) >= 11 is 0. The fourth-order valence-corrected chi connectivity index (χ4v) is 2.37. The third kappa shape index (κ3) is 1.46. The zero-order valence-electron chi connectivity index (χ0n) is 8.32. The van der Waals surface area contributed by atoms with Crippen molar-refractivity contribution in [3.8, 4) is 0 Å². The van der Waals surface area contributed by atoms with Crippen LogP contribution in [0.25, 0.3) is 0 Å². The van der Waals surface area contributed by atoms with Crippen LogP contribution in [0.4, 0.5) is 0 Å². The van der Waals surface area contributed by atoms with Crippen LogP contribution in [0.3, 0.4) is 0 Å². The molecule has 0 spiro atoms. The van der Waals surface area contributed by atoms with Crippen molar-refractivity contribution < 1.29 is 9.53 Å². The lowest BCUT2D eigenvalue weighted by Crippen LogP contribution is -2.53. The predicted molar refractivity (Wildman–Crippen MR) is 49.3 cm³/mol. The first kappa shape index (κ1) is 9.00. The third-order valence-corrected chi connectivity index (χ3v) is 3.34. The molecule has 0 N–H and O–H groups in total. The van der Waals surface area contributed by atoms with Crippen LogP contribution in [0.2, 0.25) is 0 Å². The molecule has 2 aliphatic rings. The van der Waals surface area contributed by atoms with Crippen LogP contribution in [-0.4, -0.2) is 36.6 Å². The van der Waals surface area contributed by atoms with Crippen molar-refractivity contribution in [3.05, 3.63) is 0 Å². The van der Waals surface area contributed by atoms with E-state index in [0.717, 1.165) is 25.9 Å². The minimum atomic E-state index is -0.130. The number of carbonyl (C=O) groups excluding carboxylic acids is 1. The largest absolute Gasteiger partial charge is 0.368 e. The third-order valence-electron chi connectivity index (χ3n) is 3.34. The van der Waals surface area contributed by atoms with Gasteiger partial charge in [0, 0.05) is 19.7 Å². The fourth-order valence-electron chi connectivity index (χ4n) is 2.37. The molecule has 0 aliphatic carbocycles. The maximum atomic E-state index is 11.8. The van der Waals surface area contributed by atoms with Gasteiger partial charge in [0.1, 0.15) is 6.10 Å². The summed E-state index contributed by atoms with van der Waals surface area (Å²) in [5, 5.41) is 0. The number of fused-ring (bicyclic) bond motifs is 1. The quantitative estimate of drug-likeness (QED) is 0.561. The van der Waals surface area contributed by atoms with Crippen LogP contribution in [0.1, 0.15) is 26.2 Å². The van der Waals surface area contributed by atoms with Crippen molar-refractivity contribution in [3.63, 3.8) is 0 Å². The highest BCUT2D eigenvalue weighted by atomic mass is 16.5. The Bertz CT molecular complexity index is 217. The van der Waals surface area contributed by atoms with Crippen molar-refractivity contribution in [2.24, 2.45) is 5.92 Å². The molecule has 3 nitrogen and oxygen atoms in total. The van der Waals surface area contributed by atoms with Gasteiger partial charge in [0.05, 0.1) is 0 Å². The van der Waals surface area contributed by atoms with E-state index in [0.29, 0.717) is 12.0 Å². The van der Waals surface area contributed by atoms with Crippen molar-refractivity contribution >= 4 is 5.91 Å². The van der Waals surface area contributed by atoms with Crippen LogP contribution >= 0.6 is 0 Å². The average molecular weight is 183 g/mol. The number of carbonyl (C=O) groups is 1. The predicted octanol–water partition coefficient (Wildman–Crippen LogP) is 1.03. The van der Waals surface area contributed by atoms with Crippen molar-refractivity contribution in [2.75, 3.05) is 13.7 Å². The molecule has 0 saturated carbocycles. The van der Waals surface area contributed by atoms with Gasteiger partial charge in [-0.25, -0.2) is 0 Å². The molecule has 13 heavy (non-hydrogen) atoms. The summed E-state index contributed by atoms with van der Waals surface area (Å²) in [7, 11) is 1.88. The molecule has 2 fully saturated rings. The second kappa shape index (κ2) is 3.29. The maximum absolute atomic E-state index is 11.8. The van der Waals surface area contributed by atoms with Gasteiger partial charge >= 0.3 is 0 Å². The summed E-state index contributed by atoms with van der Waals surface area (Å²) in [6.07, 6.45) is 3.25. The van der Waals surface area contributed by atoms with Gasteiger partial charge in [-0.05, 0) is 32.1 Å². The zero-order chi connectivity index (χ0) is 9.42. The van der Waals surface area contributed by atoms with E-state index in [2.05, 4.69) is 6.92 Å². The van der Waals surface area contributed by atoms with Gasteiger partial charge in [-0.1, -0.05) is 0 Å². The van der Waals surface area contributed by atoms with Crippen molar-refractivity contribution in [1.82, 2.24) is 4.90 Å². The zero-order valence-corrected chi connectivity index (χ0v) is 8.32. The Kier molecular flexibility index (Phi) is 2.28. The van der Waals surface area contributed by atoms with E-state index in [1.54, 1.807) is 0 Å². The molecule has 0 aromatic carbocycles. The molecule has 2 heterocycles. The van der Waals surface area contributed by atoms with Crippen LogP contribution in [0.5, 0.6) is 0 Å². The van der Waals surface area contributed by atoms with Gasteiger partial charge in [-0.15, -0.1) is 0 Å². The molecule has 0 radical (unpaired) electrons. The second-order valence-electron chi connectivity index (χ2n) is 4.23. The Morgan fingerprint density at radius 1 is 1.54 bits per heavy atom. The topological polar surface area (TPSA) is 29.5 Å². The van der Waals surface area contributed by atoms with Gasteiger partial charge in [0.15, 0.2) is 0 Å². The molecular weight excluding hydrogens is 166 g/mol. The summed E-state index contributed by atoms with van der Waals surface area (Å²) in [5.74, 6) is 0.663. The molecule has 0 aromatic rings. The van der Waals surface area contributed by atoms with Gasteiger partial charge in [-0.2, -0.15) is 0 Å². The van der Waals surface area contributed by atoms with Gasteiger partial charge in [0.25, 0.3) is 5.91 Å². The number of nitrogens with zero attached hydrogens (tertiary/aromatic N) is 1. The van der Waals surface area contributed by atoms with Gasteiger partial charge in [0.2, 0.25) is 0 Å². The van der Waals surface area contributed by atoms with E-state index in [9.17, 15) is 4.79 Å². The number of likely N-dealkylation sites (tertiary alicyclic amines) is 1. The summed E-state index contributed by atoms with van der Waals surface area (Å²) in [5.41, 5.74) is 0. The SMILES string of the molecule is CC1CC2CCCOC2C(=O)N1C. The number of hydrogen-bond acceptors (Lipinski definition) is 2. The number of ether oxygens (including phenoxy) is 1. The molecule has 2 rings (SSSR count). The Morgan fingerprint density at radius 3 is 3.08 bits per heavy atom. The van der Waals surface area contributed by atoms with Crippen molar-refractivity contribution in [1.29, 1.82) is 0 Å². The summed E-state index contributed by atoms with van der Waals surface area (Å²) in [4.78, 5) is 13.6. The normalized spacial score (nSPS) is 40.3. The summed E-state index contributed by atoms with van der Waals surface area (Å²) in [6, 6.07) is 0.385. The first-order valence-corrected chi connectivity index (χ1v) is 5.08. The monoisotopic (exact) mass is 183 g/mol. The molecule has 1 amide bonds. The Balaban J connectivity index is 2.12. The lowest BCUT2D eigenvalue weighted by molar-refractivity contribution is -0.160. The first-order valence-electron chi connectivity index (χ1n) is 5.08. The molecule has 3 heteroatoms. The molecule has 74 valence electrons. The number of amides is 1. The highest BCUT2D eigenvalue weighted by Gasteiger charge is 2.40. The fraction of sp³-hybridized carbons (Fsp3) is 0.900. The Morgan fingerprint density at radius 2 is 2.31 bits per heavy atom. The molecule has 3 unspecified atom stereocenters. The van der Waals surface area contributed by atoms with Crippen molar-refractivity contribution in [2.45, 2.75) is 38.3 Å². The molecule has 0 aromatic heterocycles. The van der Waals surface area contributed by atoms with Crippen LogP contribution in [-0.2, 0) is 9.53 Å². The highest BCUT2D eigenvalue weighted by molar-refractivity contribution is 5.82. The van der Waals surface area contributed by atoms with Gasteiger partial charge < -0.3 is 9.64 Å². The van der Waals surface area contributed by atoms with E-state index < -0.39 is 0 Å². The minimum absolute atomic E-state index is 0.130. The molecule has 0 bridgehead atoms. The summed E-state index contributed by atoms with van der Waals surface area (Å²) < 4.78 is 5.52. The Labute approximate surface area is 79.0 Å². The van der Waals surface area contributed by atoms with Gasteiger partial charge in [-0.3, -0.25) is 4.79 Å². The van der Waals surface area contributed by atoms with Crippen LogP contribution in [0, 0.1) is 5.92 Å². The lowest BCUT2D eigenvalue weighted by atomic mass is 9.84. The minimum Gasteiger partial charge on any atom is -0.368 e. The van der Waals surface area contributed by atoms with Crippen LogP contribution in [0.15, 0.2) is 0 Å². The lowest BCUT2D eigenvalue weighted by Gasteiger charge is -2.42. The second-order valence-corrected chi connectivity index (χ2v) is 4.23. The van der Waals surface area contributed by atoms with Crippen LogP contribution < -0.4 is 0 Å². The molecular formula is C10H17NO2. The summed E-state index contributed by atoms with van der Waals surface area (Å²) in [6.45, 7) is 2.87. The number of piperidine rings is 1. The van der Waals surface area contributed by atoms with E-state index in [-0.39, 0.29) is 12.0 Å². The number of rotatable bonds is 0. The Hall–Kier alpha value is -0.570. The molecule has 2 saturated heterocycles.